The van der Waals surface area contributed by atoms with Gasteiger partial charge < -0.3 is 10.1 Å². The Labute approximate surface area is 173 Å². The van der Waals surface area contributed by atoms with Crippen molar-refractivity contribution in [2.24, 2.45) is 0 Å². The van der Waals surface area contributed by atoms with E-state index in [1.54, 1.807) is 30.3 Å². The summed E-state index contributed by atoms with van der Waals surface area (Å²) in [4.78, 5) is 12.7. The molecular weight excluding hydrogens is 481 g/mol. The maximum Gasteiger partial charge on any atom is 0.259 e. The monoisotopic (exact) mass is 493 g/mol. The van der Waals surface area contributed by atoms with Crippen molar-refractivity contribution in [3.63, 3.8) is 0 Å². The lowest BCUT2D eigenvalue weighted by Gasteiger charge is -2.13. The molecule has 0 heterocycles. The van der Waals surface area contributed by atoms with Crippen LogP contribution in [-0.4, -0.2) is 5.91 Å². The van der Waals surface area contributed by atoms with Crippen molar-refractivity contribution >= 4 is 55.1 Å². The maximum atomic E-state index is 12.7. The second-order valence-electron chi connectivity index (χ2n) is 5.50. The number of rotatable bonds is 5. The zero-order chi connectivity index (χ0) is 18.5. The summed E-state index contributed by atoms with van der Waals surface area (Å²) in [5.74, 6) is 0.241. The van der Waals surface area contributed by atoms with E-state index in [4.69, 9.17) is 16.3 Å². The average Bonchev–Trinajstić information content (AvgIpc) is 2.64. The Morgan fingerprint density at radius 1 is 1.00 bits per heavy atom. The molecule has 0 atom stereocenters. The summed E-state index contributed by atoms with van der Waals surface area (Å²) < 4.78 is 7.43. The molecule has 0 unspecified atom stereocenters. The predicted molar refractivity (Wildman–Crippen MR) is 112 cm³/mol. The summed E-state index contributed by atoms with van der Waals surface area (Å²) >= 11 is 12.8. The van der Waals surface area contributed by atoms with Gasteiger partial charge in [0.1, 0.15) is 12.4 Å². The fraction of sp³-hybridized carbons (Fsp3) is 0.0500. The quantitative estimate of drug-likeness (QED) is 0.428. The summed E-state index contributed by atoms with van der Waals surface area (Å²) in [7, 11) is 0. The molecule has 0 aromatic heterocycles. The highest BCUT2D eigenvalue weighted by Gasteiger charge is 2.14. The van der Waals surface area contributed by atoms with Crippen LogP contribution >= 0.6 is 43.5 Å². The van der Waals surface area contributed by atoms with Crippen molar-refractivity contribution < 1.29 is 9.53 Å². The van der Waals surface area contributed by atoms with Crippen molar-refractivity contribution in [3.05, 3.63) is 91.8 Å². The number of anilines is 1. The van der Waals surface area contributed by atoms with E-state index in [1.807, 2.05) is 36.4 Å². The van der Waals surface area contributed by atoms with E-state index in [9.17, 15) is 4.79 Å². The molecule has 0 aliphatic heterocycles. The third-order valence-corrected chi connectivity index (χ3v) is 5.33. The third kappa shape index (κ3) is 4.87. The van der Waals surface area contributed by atoms with Gasteiger partial charge in [-0.1, -0.05) is 57.9 Å². The van der Waals surface area contributed by atoms with Gasteiger partial charge in [0.2, 0.25) is 0 Å². The Morgan fingerprint density at radius 3 is 2.50 bits per heavy atom. The number of carbonyl (C=O) groups is 1. The van der Waals surface area contributed by atoms with Crippen LogP contribution in [0.2, 0.25) is 5.02 Å². The van der Waals surface area contributed by atoms with Crippen molar-refractivity contribution in [3.8, 4) is 5.75 Å². The molecular formula is C20H14Br2ClNO2. The van der Waals surface area contributed by atoms with Crippen molar-refractivity contribution in [2.75, 3.05) is 5.32 Å². The molecule has 0 radical (unpaired) electrons. The summed E-state index contributed by atoms with van der Waals surface area (Å²) in [6, 6.07) is 20.4. The Balaban J connectivity index is 1.80. The summed E-state index contributed by atoms with van der Waals surface area (Å²) in [5, 5.41) is 3.37. The lowest BCUT2D eigenvalue weighted by Crippen LogP contribution is -2.14. The van der Waals surface area contributed by atoms with Gasteiger partial charge in [0.05, 0.1) is 10.6 Å². The number of hydrogen-bond donors (Lipinski definition) is 1. The lowest BCUT2D eigenvalue weighted by atomic mass is 10.1. The van der Waals surface area contributed by atoms with Gasteiger partial charge in [0, 0.05) is 14.6 Å². The van der Waals surface area contributed by atoms with Gasteiger partial charge in [-0.2, -0.15) is 0 Å². The second-order valence-corrected chi connectivity index (χ2v) is 7.67. The first-order valence-electron chi connectivity index (χ1n) is 7.75. The maximum absolute atomic E-state index is 12.7. The zero-order valence-electron chi connectivity index (χ0n) is 13.5. The van der Waals surface area contributed by atoms with E-state index in [2.05, 4.69) is 37.2 Å². The first kappa shape index (κ1) is 19.0. The van der Waals surface area contributed by atoms with Crippen molar-refractivity contribution in [1.29, 1.82) is 0 Å². The van der Waals surface area contributed by atoms with E-state index < -0.39 is 0 Å². The average molecular weight is 496 g/mol. The van der Waals surface area contributed by atoms with Crippen LogP contribution < -0.4 is 10.1 Å². The number of hydrogen-bond acceptors (Lipinski definition) is 2. The highest BCUT2D eigenvalue weighted by atomic mass is 79.9. The fourth-order valence-corrected chi connectivity index (χ4v) is 3.10. The predicted octanol–water partition coefficient (Wildman–Crippen LogP) is 6.70. The molecule has 26 heavy (non-hydrogen) atoms. The largest absolute Gasteiger partial charge is 0.488 e. The zero-order valence-corrected chi connectivity index (χ0v) is 17.4. The molecule has 0 spiro atoms. The third-order valence-electron chi connectivity index (χ3n) is 3.60. The number of amides is 1. The van der Waals surface area contributed by atoms with E-state index in [0.29, 0.717) is 28.6 Å². The first-order chi connectivity index (χ1) is 12.5. The molecule has 0 saturated heterocycles. The van der Waals surface area contributed by atoms with Crippen LogP contribution in [0.15, 0.2) is 75.7 Å². The molecule has 1 N–H and O–H groups in total. The molecule has 3 aromatic rings. The Hall–Kier alpha value is -1.82. The Bertz CT molecular complexity index is 932. The number of carbonyl (C=O) groups excluding carboxylic acids is 1. The normalized spacial score (nSPS) is 10.4. The van der Waals surface area contributed by atoms with Crippen LogP contribution in [0.5, 0.6) is 5.75 Å². The molecule has 3 nitrogen and oxygen atoms in total. The van der Waals surface area contributed by atoms with Crippen molar-refractivity contribution in [1.82, 2.24) is 0 Å². The van der Waals surface area contributed by atoms with Crippen LogP contribution in [0.25, 0.3) is 0 Å². The highest BCUT2D eigenvalue weighted by Crippen LogP contribution is 2.28. The van der Waals surface area contributed by atoms with E-state index in [1.165, 1.54) is 0 Å². The van der Waals surface area contributed by atoms with Gasteiger partial charge in [0.15, 0.2) is 0 Å². The molecule has 3 rings (SSSR count). The molecule has 1 amide bonds. The van der Waals surface area contributed by atoms with Gasteiger partial charge >= 0.3 is 0 Å². The molecule has 0 fully saturated rings. The molecule has 0 saturated carbocycles. The molecule has 132 valence electrons. The standard InChI is InChI=1S/C20H14Br2ClNO2/c21-14-6-9-19(26-12-13-4-2-1-3-5-13)16(10-14)20(25)24-15-7-8-17(22)18(23)11-15/h1-11H,12H2,(H,24,25). The Morgan fingerprint density at radius 2 is 1.77 bits per heavy atom. The lowest BCUT2D eigenvalue weighted by molar-refractivity contribution is 0.102. The summed E-state index contributed by atoms with van der Waals surface area (Å²) in [6.07, 6.45) is 0. The van der Waals surface area contributed by atoms with Crippen LogP contribution in [0, 0.1) is 0 Å². The number of benzene rings is 3. The smallest absolute Gasteiger partial charge is 0.259 e. The van der Waals surface area contributed by atoms with Crippen molar-refractivity contribution in [2.45, 2.75) is 6.61 Å². The van der Waals surface area contributed by atoms with E-state index in [-0.39, 0.29) is 5.91 Å². The summed E-state index contributed by atoms with van der Waals surface area (Å²) in [5.41, 5.74) is 2.08. The number of ether oxygens (including phenoxy) is 1. The Kier molecular flexibility index (Phi) is 6.35. The molecule has 0 bridgehead atoms. The summed E-state index contributed by atoms with van der Waals surface area (Å²) in [6.45, 7) is 0.382. The number of halogens is 3. The van der Waals surface area contributed by atoms with Gasteiger partial charge in [-0.15, -0.1) is 0 Å². The second kappa shape index (κ2) is 8.71. The minimum absolute atomic E-state index is 0.271. The van der Waals surface area contributed by atoms with Crippen LogP contribution in [0.1, 0.15) is 15.9 Å². The van der Waals surface area contributed by atoms with E-state index >= 15 is 0 Å². The minimum atomic E-state index is -0.271. The molecule has 6 heteroatoms. The highest BCUT2D eigenvalue weighted by molar-refractivity contribution is 9.10. The minimum Gasteiger partial charge on any atom is -0.488 e. The van der Waals surface area contributed by atoms with Crippen LogP contribution in [0.4, 0.5) is 5.69 Å². The van der Waals surface area contributed by atoms with Gasteiger partial charge in [-0.3, -0.25) is 4.79 Å². The fourth-order valence-electron chi connectivity index (χ4n) is 2.31. The molecule has 0 aliphatic carbocycles. The van der Waals surface area contributed by atoms with Gasteiger partial charge in [-0.05, 0) is 57.9 Å². The number of nitrogens with one attached hydrogen (secondary N) is 1. The topological polar surface area (TPSA) is 38.3 Å². The van der Waals surface area contributed by atoms with Crippen LogP contribution in [0.3, 0.4) is 0 Å². The van der Waals surface area contributed by atoms with E-state index in [0.717, 1.165) is 14.5 Å². The first-order valence-corrected chi connectivity index (χ1v) is 9.72. The SMILES string of the molecule is O=C(Nc1ccc(Br)c(Cl)c1)c1cc(Br)ccc1OCc1ccccc1. The van der Waals surface area contributed by atoms with Crippen LogP contribution in [-0.2, 0) is 6.61 Å². The molecule has 3 aromatic carbocycles. The van der Waals surface area contributed by atoms with Gasteiger partial charge in [-0.25, -0.2) is 0 Å². The van der Waals surface area contributed by atoms with Gasteiger partial charge in [0.25, 0.3) is 5.91 Å². The molecule has 0 aliphatic rings.